The van der Waals surface area contributed by atoms with Gasteiger partial charge in [0.25, 0.3) is 0 Å². The largest absolute Gasteiger partial charge is 0.467 e. The molecule has 2 N–H and O–H groups in total. The lowest BCUT2D eigenvalue weighted by atomic mass is 9.89. The molecule has 1 aromatic rings. The van der Waals surface area contributed by atoms with Crippen LogP contribution >= 0.6 is 24.0 Å². The first kappa shape index (κ1) is 24.9. The number of benzene rings is 1. The van der Waals surface area contributed by atoms with Crippen LogP contribution in [0.5, 0.6) is 5.75 Å². The lowest BCUT2D eigenvalue weighted by molar-refractivity contribution is -0.0172. The Labute approximate surface area is 184 Å². The van der Waals surface area contributed by atoms with Crippen molar-refractivity contribution in [1.29, 1.82) is 0 Å². The Hall–Kier alpha value is -1.13. The zero-order valence-corrected chi connectivity index (χ0v) is 19.8. The molecule has 28 heavy (non-hydrogen) atoms. The van der Waals surface area contributed by atoms with Gasteiger partial charge in [0.15, 0.2) is 12.8 Å². The predicted octanol–water partition coefficient (Wildman–Crippen LogP) is 3.47. The third-order valence-corrected chi connectivity index (χ3v) is 4.45. The summed E-state index contributed by atoms with van der Waals surface area (Å²) in [5.41, 5.74) is 1.60. The van der Waals surface area contributed by atoms with Gasteiger partial charge in [0.05, 0.1) is 19.3 Å². The molecule has 0 bridgehead atoms. The number of halogens is 2. The Bertz CT molecular complexity index is 650. The second-order valence-corrected chi connectivity index (χ2v) is 7.65. The first-order valence-electron chi connectivity index (χ1n) is 9.42. The Morgan fingerprint density at radius 2 is 2.07 bits per heavy atom. The van der Waals surface area contributed by atoms with Crippen molar-refractivity contribution in [1.82, 2.24) is 10.6 Å². The van der Waals surface area contributed by atoms with Gasteiger partial charge in [-0.1, -0.05) is 20.8 Å². The van der Waals surface area contributed by atoms with E-state index in [9.17, 15) is 4.39 Å². The van der Waals surface area contributed by atoms with Gasteiger partial charge in [-0.15, -0.1) is 24.0 Å². The molecular formula is C20H33FIN3O3. The minimum absolute atomic E-state index is 0. The van der Waals surface area contributed by atoms with Gasteiger partial charge in [-0.3, -0.25) is 4.99 Å². The van der Waals surface area contributed by atoms with Crippen molar-refractivity contribution in [3.8, 4) is 5.75 Å². The number of nitrogens with zero attached hydrogens (tertiary/aromatic N) is 1. The summed E-state index contributed by atoms with van der Waals surface area (Å²) in [5.74, 6) is 1.18. The minimum atomic E-state index is -0.272. The van der Waals surface area contributed by atoms with Crippen LogP contribution in [0.2, 0.25) is 0 Å². The van der Waals surface area contributed by atoms with E-state index in [1.165, 1.54) is 12.1 Å². The fraction of sp³-hybridized carbons (Fsp3) is 0.650. The zero-order chi connectivity index (χ0) is 19.9. The lowest BCUT2D eigenvalue weighted by Crippen LogP contribution is -2.40. The number of rotatable bonds is 7. The highest BCUT2D eigenvalue weighted by atomic mass is 127. The second kappa shape index (κ2) is 11.8. The third-order valence-electron chi connectivity index (χ3n) is 4.45. The summed E-state index contributed by atoms with van der Waals surface area (Å²) in [4.78, 5) is 4.63. The molecule has 1 unspecified atom stereocenters. The molecule has 8 heteroatoms. The van der Waals surface area contributed by atoms with Crippen LogP contribution in [0.15, 0.2) is 17.1 Å². The highest BCUT2D eigenvalue weighted by Gasteiger charge is 2.24. The molecule has 160 valence electrons. The molecule has 0 amide bonds. The minimum Gasteiger partial charge on any atom is -0.467 e. The predicted molar refractivity (Wildman–Crippen MR) is 120 cm³/mol. The number of fused-ring (bicyclic) bond motifs is 1. The standard InChI is InChI=1S/C20H32FN3O3.HI/c1-6-22-19(24-11-17(25-5)20(2,3)4)23-8-7-14-9-16(21)10-15-12-26-13-27-18(14)15;/h9-10,17H,6-8,11-13H2,1-5H3,(H2,22,23,24);1H. The molecule has 6 nitrogen and oxygen atoms in total. The van der Waals surface area contributed by atoms with E-state index in [2.05, 4.69) is 36.4 Å². The molecule has 0 aliphatic carbocycles. The SMILES string of the molecule is CCNC(=NCC(OC)C(C)(C)C)NCCc1cc(F)cc2c1OCOC2.I. The average molecular weight is 509 g/mol. The van der Waals surface area contributed by atoms with Gasteiger partial charge >= 0.3 is 0 Å². The van der Waals surface area contributed by atoms with E-state index in [0.29, 0.717) is 26.1 Å². The summed E-state index contributed by atoms with van der Waals surface area (Å²) in [7, 11) is 1.71. The van der Waals surface area contributed by atoms with Crippen molar-refractivity contribution in [2.24, 2.45) is 10.4 Å². The lowest BCUT2D eigenvalue weighted by Gasteiger charge is -2.28. The second-order valence-electron chi connectivity index (χ2n) is 7.65. The van der Waals surface area contributed by atoms with Crippen molar-refractivity contribution < 1.29 is 18.6 Å². The fourth-order valence-electron chi connectivity index (χ4n) is 2.98. The van der Waals surface area contributed by atoms with Crippen LogP contribution in [-0.4, -0.2) is 45.6 Å². The molecule has 0 aromatic heterocycles. The van der Waals surface area contributed by atoms with Gasteiger partial charge in [0.1, 0.15) is 11.6 Å². The summed E-state index contributed by atoms with van der Waals surface area (Å²) in [6.45, 7) is 10.9. The number of hydrogen-bond acceptors (Lipinski definition) is 4. The zero-order valence-electron chi connectivity index (χ0n) is 17.4. The number of aliphatic imine (C=N–C) groups is 1. The Morgan fingerprint density at radius 1 is 1.32 bits per heavy atom. The molecule has 0 saturated carbocycles. The van der Waals surface area contributed by atoms with Crippen LogP contribution in [0.1, 0.15) is 38.8 Å². The quantitative estimate of drug-likeness (QED) is 0.335. The van der Waals surface area contributed by atoms with Crippen molar-refractivity contribution in [3.05, 3.63) is 29.1 Å². The topological polar surface area (TPSA) is 64.1 Å². The molecule has 1 aromatic carbocycles. The molecule has 1 atom stereocenters. The smallest absolute Gasteiger partial charge is 0.191 e. The van der Waals surface area contributed by atoms with E-state index >= 15 is 0 Å². The maximum Gasteiger partial charge on any atom is 0.191 e. The molecule has 1 heterocycles. The van der Waals surface area contributed by atoms with E-state index in [-0.39, 0.29) is 48.1 Å². The van der Waals surface area contributed by atoms with Crippen molar-refractivity contribution in [3.63, 3.8) is 0 Å². The highest BCUT2D eigenvalue weighted by molar-refractivity contribution is 14.0. The summed E-state index contributed by atoms with van der Waals surface area (Å²) in [6.07, 6.45) is 0.647. The van der Waals surface area contributed by atoms with E-state index in [0.717, 1.165) is 29.4 Å². The molecular weight excluding hydrogens is 476 g/mol. The number of hydrogen-bond donors (Lipinski definition) is 2. The number of guanidine groups is 1. The average Bonchev–Trinajstić information content (AvgIpc) is 2.60. The molecule has 0 fully saturated rings. The van der Waals surface area contributed by atoms with Crippen molar-refractivity contribution in [2.45, 2.75) is 46.8 Å². The molecule has 0 radical (unpaired) electrons. The number of nitrogens with one attached hydrogen (secondary N) is 2. The van der Waals surface area contributed by atoms with E-state index in [1.807, 2.05) is 6.92 Å². The van der Waals surface area contributed by atoms with Crippen LogP contribution in [-0.2, 0) is 22.5 Å². The van der Waals surface area contributed by atoms with Crippen LogP contribution < -0.4 is 15.4 Å². The summed E-state index contributed by atoms with van der Waals surface area (Å²) in [6, 6.07) is 2.99. The molecule has 0 spiro atoms. The van der Waals surface area contributed by atoms with E-state index < -0.39 is 0 Å². The summed E-state index contributed by atoms with van der Waals surface area (Å²) >= 11 is 0. The van der Waals surface area contributed by atoms with Gasteiger partial charge in [0, 0.05) is 25.8 Å². The highest BCUT2D eigenvalue weighted by Crippen LogP contribution is 2.29. The van der Waals surface area contributed by atoms with Gasteiger partial charge in [-0.05, 0) is 36.5 Å². The normalized spacial score (nSPS) is 15.1. The Kier molecular flexibility index (Phi) is 10.5. The first-order chi connectivity index (χ1) is 12.8. The number of ether oxygens (including phenoxy) is 3. The van der Waals surface area contributed by atoms with Crippen LogP contribution in [0.4, 0.5) is 4.39 Å². The van der Waals surface area contributed by atoms with Crippen LogP contribution in [0.3, 0.4) is 0 Å². The van der Waals surface area contributed by atoms with E-state index in [1.54, 1.807) is 7.11 Å². The van der Waals surface area contributed by atoms with Gasteiger partial charge in [-0.2, -0.15) is 0 Å². The Balaban J connectivity index is 0.00000392. The number of methoxy groups -OCH3 is 1. The first-order valence-corrected chi connectivity index (χ1v) is 9.42. The monoisotopic (exact) mass is 509 g/mol. The third kappa shape index (κ3) is 7.36. The summed E-state index contributed by atoms with van der Waals surface area (Å²) < 4.78 is 30.2. The van der Waals surface area contributed by atoms with Gasteiger partial charge in [-0.25, -0.2) is 4.39 Å². The summed E-state index contributed by atoms with van der Waals surface area (Å²) in [5, 5.41) is 6.53. The molecule has 2 rings (SSSR count). The van der Waals surface area contributed by atoms with Crippen LogP contribution in [0.25, 0.3) is 0 Å². The molecule has 0 saturated heterocycles. The van der Waals surface area contributed by atoms with Crippen molar-refractivity contribution in [2.75, 3.05) is 33.5 Å². The maximum absolute atomic E-state index is 13.8. The molecule has 1 aliphatic rings. The van der Waals surface area contributed by atoms with Gasteiger partial charge < -0.3 is 24.8 Å². The fourth-order valence-corrected chi connectivity index (χ4v) is 2.98. The molecule has 1 aliphatic heterocycles. The van der Waals surface area contributed by atoms with E-state index in [4.69, 9.17) is 14.2 Å². The maximum atomic E-state index is 13.8. The van der Waals surface area contributed by atoms with Crippen molar-refractivity contribution >= 4 is 29.9 Å². The van der Waals surface area contributed by atoms with Crippen LogP contribution in [0, 0.1) is 11.2 Å². The Morgan fingerprint density at radius 3 is 2.71 bits per heavy atom. The van der Waals surface area contributed by atoms with Gasteiger partial charge in [0.2, 0.25) is 0 Å².